The molecule has 102 valence electrons. The van der Waals surface area contributed by atoms with Gasteiger partial charge in [-0.2, -0.15) is 0 Å². The summed E-state index contributed by atoms with van der Waals surface area (Å²) in [5, 5.41) is 11.1. The molecule has 1 aromatic rings. The van der Waals surface area contributed by atoms with Crippen molar-refractivity contribution in [1.82, 2.24) is 5.32 Å². The van der Waals surface area contributed by atoms with Crippen molar-refractivity contribution >= 4 is 11.9 Å². The molecule has 1 atom stereocenters. The maximum atomic E-state index is 11.3. The number of aliphatic carboxylic acids is 1. The van der Waals surface area contributed by atoms with Crippen LogP contribution in [-0.2, 0) is 22.4 Å². The fourth-order valence-electron chi connectivity index (χ4n) is 1.95. The van der Waals surface area contributed by atoms with E-state index in [1.165, 1.54) is 5.56 Å². The van der Waals surface area contributed by atoms with Crippen molar-refractivity contribution in [3.63, 3.8) is 0 Å². The van der Waals surface area contributed by atoms with Gasteiger partial charge in [-0.15, -0.1) is 0 Å². The van der Waals surface area contributed by atoms with Crippen LogP contribution in [0.3, 0.4) is 0 Å². The molecule has 1 heterocycles. The molecule has 1 amide bonds. The number of carbonyl (C=O) groups is 2. The monoisotopic (exact) mass is 264 g/mol. The van der Waals surface area contributed by atoms with Gasteiger partial charge in [-0.05, 0) is 23.6 Å². The van der Waals surface area contributed by atoms with Crippen molar-refractivity contribution in [3.05, 3.63) is 29.3 Å². The third-order valence-electron chi connectivity index (χ3n) is 3.02. The van der Waals surface area contributed by atoms with E-state index >= 15 is 0 Å². The molecule has 1 aromatic carbocycles. The Hall–Kier alpha value is -2.08. The summed E-state index contributed by atoms with van der Waals surface area (Å²) in [6, 6.07) is 4.40. The van der Waals surface area contributed by atoms with Gasteiger partial charge >= 0.3 is 5.97 Å². The SMILES string of the molecule is NC(C(=O)O)C(=O)NCCc1ccc2c(c1)CCO2. The van der Waals surface area contributed by atoms with Crippen molar-refractivity contribution in [2.24, 2.45) is 5.73 Å². The number of nitrogens with two attached hydrogens (primary N) is 1. The lowest BCUT2D eigenvalue weighted by Crippen LogP contribution is -2.46. The standard InChI is InChI=1S/C13H16N2O4/c14-11(13(17)18)12(16)15-5-3-8-1-2-10-9(7-8)4-6-19-10/h1-2,7,11H,3-6,14H2,(H,15,16)(H,17,18). The van der Waals surface area contributed by atoms with Gasteiger partial charge in [0.15, 0.2) is 6.04 Å². The molecule has 1 aliphatic heterocycles. The predicted octanol–water partition coefficient (Wildman–Crippen LogP) is -0.308. The molecule has 1 unspecified atom stereocenters. The van der Waals surface area contributed by atoms with Gasteiger partial charge in [-0.1, -0.05) is 12.1 Å². The summed E-state index contributed by atoms with van der Waals surface area (Å²) >= 11 is 0. The average molecular weight is 264 g/mol. The van der Waals surface area contributed by atoms with E-state index in [1.54, 1.807) is 0 Å². The number of benzene rings is 1. The van der Waals surface area contributed by atoms with Gasteiger partial charge in [0, 0.05) is 13.0 Å². The van der Waals surface area contributed by atoms with Crippen molar-refractivity contribution in [2.45, 2.75) is 18.9 Å². The maximum Gasteiger partial charge on any atom is 0.330 e. The number of fused-ring (bicyclic) bond motifs is 1. The summed E-state index contributed by atoms with van der Waals surface area (Å²) < 4.78 is 5.40. The van der Waals surface area contributed by atoms with Crippen LogP contribution in [0.25, 0.3) is 0 Å². The van der Waals surface area contributed by atoms with E-state index in [0.29, 0.717) is 19.6 Å². The average Bonchev–Trinajstić information content (AvgIpc) is 2.84. The van der Waals surface area contributed by atoms with Crippen molar-refractivity contribution in [1.29, 1.82) is 0 Å². The first-order valence-corrected chi connectivity index (χ1v) is 6.08. The van der Waals surface area contributed by atoms with Gasteiger partial charge in [-0.25, -0.2) is 4.79 Å². The molecule has 0 fully saturated rings. The number of amides is 1. The lowest BCUT2D eigenvalue weighted by Gasteiger charge is -2.08. The van der Waals surface area contributed by atoms with Crippen LogP contribution in [-0.4, -0.2) is 36.2 Å². The molecule has 0 spiro atoms. The van der Waals surface area contributed by atoms with Crippen LogP contribution in [0.1, 0.15) is 11.1 Å². The van der Waals surface area contributed by atoms with Crippen LogP contribution in [0.2, 0.25) is 0 Å². The lowest BCUT2D eigenvalue weighted by atomic mass is 10.1. The predicted molar refractivity (Wildman–Crippen MR) is 68.0 cm³/mol. The quantitative estimate of drug-likeness (QED) is 0.633. The second-order valence-electron chi connectivity index (χ2n) is 4.40. The Labute approximate surface area is 110 Å². The number of nitrogens with one attached hydrogen (secondary N) is 1. The minimum Gasteiger partial charge on any atom is -0.493 e. The van der Waals surface area contributed by atoms with Crippen LogP contribution in [0.15, 0.2) is 18.2 Å². The highest BCUT2D eigenvalue weighted by Crippen LogP contribution is 2.25. The molecule has 6 heteroatoms. The second-order valence-corrected chi connectivity index (χ2v) is 4.40. The molecule has 19 heavy (non-hydrogen) atoms. The first-order valence-electron chi connectivity index (χ1n) is 6.08. The number of rotatable bonds is 5. The Bertz CT molecular complexity index is 501. The van der Waals surface area contributed by atoms with Crippen LogP contribution in [0.5, 0.6) is 5.75 Å². The first kappa shape index (κ1) is 13.4. The summed E-state index contributed by atoms with van der Waals surface area (Å²) in [4.78, 5) is 21.8. The Morgan fingerprint density at radius 3 is 3.00 bits per heavy atom. The van der Waals surface area contributed by atoms with Crippen LogP contribution in [0.4, 0.5) is 0 Å². The molecule has 2 rings (SSSR count). The molecule has 4 N–H and O–H groups in total. The minimum atomic E-state index is -1.51. The molecule has 0 aliphatic carbocycles. The number of carboxylic acids is 1. The highest BCUT2D eigenvalue weighted by molar-refractivity contribution is 6.00. The molecule has 0 saturated carbocycles. The van der Waals surface area contributed by atoms with Crippen LogP contribution < -0.4 is 15.8 Å². The Morgan fingerprint density at radius 2 is 2.26 bits per heavy atom. The van der Waals surface area contributed by atoms with Crippen molar-refractivity contribution in [3.8, 4) is 5.75 Å². The lowest BCUT2D eigenvalue weighted by molar-refractivity contribution is -0.142. The maximum absolute atomic E-state index is 11.3. The Morgan fingerprint density at radius 1 is 1.47 bits per heavy atom. The summed E-state index contributed by atoms with van der Waals surface area (Å²) in [7, 11) is 0. The Balaban J connectivity index is 1.83. The number of hydrogen-bond acceptors (Lipinski definition) is 4. The van der Waals surface area contributed by atoms with Crippen molar-refractivity contribution < 1.29 is 19.4 Å². The molecule has 0 bridgehead atoms. The first-order chi connectivity index (χ1) is 9.08. The van der Waals surface area contributed by atoms with Gasteiger partial charge in [0.05, 0.1) is 6.61 Å². The zero-order valence-corrected chi connectivity index (χ0v) is 10.4. The number of hydrogen-bond donors (Lipinski definition) is 3. The molecular weight excluding hydrogens is 248 g/mol. The van der Waals surface area contributed by atoms with Crippen LogP contribution in [0, 0.1) is 0 Å². The zero-order valence-electron chi connectivity index (χ0n) is 10.4. The molecule has 6 nitrogen and oxygen atoms in total. The van der Waals surface area contributed by atoms with E-state index in [1.807, 2.05) is 18.2 Å². The van der Waals surface area contributed by atoms with Crippen molar-refractivity contribution in [2.75, 3.05) is 13.2 Å². The highest BCUT2D eigenvalue weighted by Gasteiger charge is 2.20. The number of carboxylic acid groups (broad SMARTS) is 1. The summed E-state index contributed by atoms with van der Waals surface area (Å²) in [5.41, 5.74) is 7.43. The molecule has 0 saturated heterocycles. The summed E-state index contributed by atoms with van der Waals surface area (Å²) in [5.74, 6) is -1.08. The third-order valence-corrected chi connectivity index (χ3v) is 3.02. The molecule has 0 radical (unpaired) electrons. The number of ether oxygens (including phenoxy) is 1. The largest absolute Gasteiger partial charge is 0.493 e. The normalized spacial score (nSPS) is 14.4. The fraction of sp³-hybridized carbons (Fsp3) is 0.385. The van der Waals surface area contributed by atoms with E-state index < -0.39 is 17.9 Å². The second kappa shape index (κ2) is 5.71. The highest BCUT2D eigenvalue weighted by atomic mass is 16.5. The molecular formula is C13H16N2O4. The van der Waals surface area contributed by atoms with Crippen LogP contribution >= 0.6 is 0 Å². The zero-order chi connectivity index (χ0) is 13.8. The van der Waals surface area contributed by atoms with Gasteiger partial charge in [0.1, 0.15) is 5.75 Å². The minimum absolute atomic E-state index is 0.361. The number of carbonyl (C=O) groups excluding carboxylic acids is 1. The van der Waals surface area contributed by atoms with E-state index in [2.05, 4.69) is 5.32 Å². The third kappa shape index (κ3) is 3.23. The van der Waals surface area contributed by atoms with Gasteiger partial charge < -0.3 is 20.9 Å². The molecule has 0 aromatic heterocycles. The van der Waals surface area contributed by atoms with Gasteiger partial charge in [0.25, 0.3) is 0 Å². The van der Waals surface area contributed by atoms with E-state index in [-0.39, 0.29) is 0 Å². The van der Waals surface area contributed by atoms with E-state index in [0.717, 1.165) is 17.7 Å². The smallest absolute Gasteiger partial charge is 0.330 e. The summed E-state index contributed by atoms with van der Waals surface area (Å²) in [6.07, 6.45) is 1.53. The topological polar surface area (TPSA) is 102 Å². The van der Waals surface area contributed by atoms with Gasteiger partial charge in [-0.3, -0.25) is 4.79 Å². The van der Waals surface area contributed by atoms with E-state index in [4.69, 9.17) is 15.6 Å². The summed E-state index contributed by atoms with van der Waals surface area (Å²) in [6.45, 7) is 1.07. The van der Waals surface area contributed by atoms with E-state index in [9.17, 15) is 9.59 Å². The fourth-order valence-corrected chi connectivity index (χ4v) is 1.95. The molecule has 1 aliphatic rings. The van der Waals surface area contributed by atoms with Gasteiger partial charge in [0.2, 0.25) is 5.91 Å². The Kier molecular flexibility index (Phi) is 4.01.